The number of alkyl halides is 3. The number of aromatic nitrogens is 1. The summed E-state index contributed by atoms with van der Waals surface area (Å²) in [6, 6.07) is 0.679. The molecule has 1 aromatic rings. The molecule has 15 heavy (non-hydrogen) atoms. The van der Waals surface area contributed by atoms with Gasteiger partial charge in [-0.25, -0.2) is 4.98 Å². The van der Waals surface area contributed by atoms with E-state index in [1.54, 1.807) is 0 Å². The van der Waals surface area contributed by atoms with E-state index in [4.69, 9.17) is 5.02 Å². The van der Waals surface area contributed by atoms with Crippen molar-refractivity contribution in [1.29, 1.82) is 0 Å². The molecule has 81 valence electrons. The largest absolute Gasteiger partial charge is 0.569 e. The number of hydrogen-bond acceptors (Lipinski definition) is 4. The summed E-state index contributed by atoms with van der Waals surface area (Å²) >= 11 is 0. The van der Waals surface area contributed by atoms with Crippen molar-refractivity contribution in [3.05, 3.63) is 17.8 Å². The van der Waals surface area contributed by atoms with Gasteiger partial charge < -0.3 is 14.4 Å². The van der Waals surface area contributed by atoms with Crippen LogP contribution in [0.15, 0.2) is 12.3 Å². The Bertz CT molecular complexity index is 345. The zero-order valence-electron chi connectivity index (χ0n) is 7.58. The number of methoxy groups -OCH3 is 1. The van der Waals surface area contributed by atoms with Crippen LogP contribution < -0.4 is 9.39 Å². The zero-order chi connectivity index (χ0) is 11.5. The van der Waals surface area contributed by atoms with E-state index >= 15 is 0 Å². The van der Waals surface area contributed by atoms with Crippen molar-refractivity contribution in [3.63, 3.8) is 0 Å². The molecule has 0 spiro atoms. The molecule has 0 aliphatic heterocycles. The van der Waals surface area contributed by atoms with Gasteiger partial charge in [0, 0.05) is 6.20 Å². The van der Waals surface area contributed by atoms with Gasteiger partial charge in [0.25, 0.3) is 5.88 Å². The van der Waals surface area contributed by atoms with Crippen molar-refractivity contribution in [2.75, 3.05) is 7.11 Å². The number of ether oxygens (including phenoxy) is 1. The number of pyridine rings is 1. The molecular weight excluding hydrogens is 214 g/mol. The van der Waals surface area contributed by atoms with Crippen LogP contribution >= 0.6 is 0 Å². The van der Waals surface area contributed by atoms with Gasteiger partial charge in [-0.15, -0.1) is 0 Å². The van der Waals surface area contributed by atoms with Crippen LogP contribution in [-0.4, -0.2) is 24.8 Å². The highest BCUT2D eigenvalue weighted by molar-refractivity contribution is 6.17. The molecule has 0 saturated carbocycles. The van der Waals surface area contributed by atoms with Crippen LogP contribution in [0.3, 0.4) is 0 Å². The zero-order valence-corrected chi connectivity index (χ0v) is 7.58. The Morgan fingerprint density at radius 2 is 2.13 bits per heavy atom. The van der Waals surface area contributed by atoms with Crippen molar-refractivity contribution >= 4 is 7.69 Å². The smallest absolute Gasteiger partial charge is 0.534 e. The van der Waals surface area contributed by atoms with Crippen LogP contribution in [0.25, 0.3) is 0 Å². The van der Waals surface area contributed by atoms with Gasteiger partial charge in [0.2, 0.25) is 0 Å². The Labute approximate surface area is 84.0 Å². The first kappa shape index (κ1) is 11.6. The molecule has 0 aromatic carbocycles. The Morgan fingerprint density at radius 3 is 2.60 bits per heavy atom. The molecule has 0 aliphatic carbocycles. The topological polar surface area (TPSA) is 51.6 Å². The van der Waals surface area contributed by atoms with Gasteiger partial charge in [-0.3, -0.25) is 0 Å². The summed E-state index contributed by atoms with van der Waals surface area (Å²) in [6.07, 6.45) is -3.91. The summed E-state index contributed by atoms with van der Waals surface area (Å²) in [5, 5.41) is 8.32. The molecule has 0 fully saturated rings. The molecule has 0 amide bonds. The highest BCUT2D eigenvalue weighted by Crippen LogP contribution is 2.34. The van der Waals surface area contributed by atoms with Crippen LogP contribution in [0.2, 0.25) is 0 Å². The lowest BCUT2D eigenvalue weighted by atomic mass is 10.2. The van der Waals surface area contributed by atoms with E-state index in [-0.39, 0.29) is 19.3 Å². The van der Waals surface area contributed by atoms with Gasteiger partial charge >= 0.3 is 13.9 Å². The molecule has 0 aliphatic rings. The molecule has 0 saturated heterocycles. The van der Waals surface area contributed by atoms with E-state index in [0.717, 1.165) is 0 Å². The summed E-state index contributed by atoms with van der Waals surface area (Å²) in [5.74, 6) is -0.455. The first-order valence-corrected chi connectivity index (χ1v) is 3.73. The maximum atomic E-state index is 12.2. The summed E-state index contributed by atoms with van der Waals surface area (Å²) in [6.45, 7) is 0. The second-order valence-corrected chi connectivity index (χ2v) is 2.45. The predicted molar refractivity (Wildman–Crippen MR) is 44.4 cm³/mol. The fourth-order valence-corrected chi connectivity index (χ4v) is 0.882. The number of hydrogen-bond donors (Lipinski definition) is 1. The van der Waals surface area contributed by atoms with Gasteiger partial charge in [-0.2, -0.15) is 13.2 Å². The molecule has 0 unspecified atom stereocenters. The second kappa shape index (κ2) is 4.39. The van der Waals surface area contributed by atoms with Crippen molar-refractivity contribution in [3.8, 4) is 11.6 Å². The summed E-state index contributed by atoms with van der Waals surface area (Å²) in [5.41, 5.74) is -0.986. The third kappa shape index (κ3) is 2.75. The predicted octanol–water partition coefficient (Wildman–Crippen LogP) is 1.01. The second-order valence-electron chi connectivity index (χ2n) is 2.45. The Kier molecular flexibility index (Phi) is 3.41. The first-order valence-electron chi connectivity index (χ1n) is 3.73. The highest BCUT2D eigenvalue weighted by atomic mass is 19.4. The van der Waals surface area contributed by atoms with Gasteiger partial charge in [0.1, 0.15) is 0 Å². The van der Waals surface area contributed by atoms with Crippen LogP contribution in [0, 0.1) is 0 Å². The molecule has 0 bridgehead atoms. The van der Waals surface area contributed by atoms with E-state index in [9.17, 15) is 13.2 Å². The molecule has 1 heterocycles. The van der Waals surface area contributed by atoms with Gasteiger partial charge in [0.15, 0.2) is 5.75 Å². The molecule has 4 nitrogen and oxygen atoms in total. The van der Waals surface area contributed by atoms with E-state index in [0.29, 0.717) is 12.3 Å². The fourth-order valence-electron chi connectivity index (χ4n) is 0.882. The fraction of sp³-hybridized carbons (Fsp3) is 0.286. The molecule has 1 radical (unpaired) electrons. The van der Waals surface area contributed by atoms with Crippen molar-refractivity contribution < 1.29 is 27.6 Å². The lowest BCUT2D eigenvalue weighted by Crippen LogP contribution is -2.09. The van der Waals surface area contributed by atoms with Crippen molar-refractivity contribution in [2.45, 2.75) is 6.18 Å². The monoisotopic (exact) mass is 220 g/mol. The lowest BCUT2D eigenvalue weighted by molar-refractivity contribution is -0.137. The first-order chi connectivity index (χ1) is 6.99. The minimum absolute atomic E-state index is 0.145. The molecule has 1 N–H and O–H groups in total. The van der Waals surface area contributed by atoms with Gasteiger partial charge in [-0.1, -0.05) is 0 Å². The maximum absolute atomic E-state index is 12.2. The maximum Gasteiger partial charge on any atom is 0.569 e. The Balaban J connectivity index is 3.10. The minimum Gasteiger partial charge on any atom is -0.534 e. The molecule has 1 aromatic heterocycles. The van der Waals surface area contributed by atoms with Gasteiger partial charge in [-0.05, 0) is 6.07 Å². The quantitative estimate of drug-likeness (QED) is 0.772. The van der Waals surface area contributed by atoms with Crippen LogP contribution in [0.5, 0.6) is 11.6 Å². The Hall–Kier alpha value is -1.44. The van der Waals surface area contributed by atoms with Crippen LogP contribution in [0.4, 0.5) is 13.2 Å². The average molecular weight is 220 g/mol. The third-order valence-corrected chi connectivity index (χ3v) is 1.52. The van der Waals surface area contributed by atoms with Crippen molar-refractivity contribution in [2.24, 2.45) is 0 Å². The van der Waals surface area contributed by atoms with Crippen molar-refractivity contribution in [1.82, 2.24) is 4.98 Å². The average Bonchev–Trinajstić information content (AvgIpc) is 2.17. The molecule has 8 heteroatoms. The summed E-state index contributed by atoms with van der Waals surface area (Å²) in [4.78, 5) is 3.38. The third-order valence-electron chi connectivity index (χ3n) is 1.52. The van der Waals surface area contributed by atoms with Crippen LogP contribution in [0.1, 0.15) is 5.56 Å². The van der Waals surface area contributed by atoms with E-state index in [1.807, 2.05) is 0 Å². The van der Waals surface area contributed by atoms with Gasteiger partial charge in [0.05, 0.1) is 12.7 Å². The van der Waals surface area contributed by atoms with Crippen LogP contribution in [-0.2, 0) is 6.18 Å². The summed E-state index contributed by atoms with van der Waals surface area (Å²) in [7, 11) is 1.47. The number of halogens is 3. The summed E-state index contributed by atoms with van der Waals surface area (Å²) < 4.78 is 45.7. The molecule has 0 atom stereocenters. The molecule has 1 rings (SSSR count). The van der Waals surface area contributed by atoms with E-state index in [2.05, 4.69) is 14.4 Å². The minimum atomic E-state index is -4.52. The number of nitrogens with zero attached hydrogens (tertiary/aromatic N) is 1. The Morgan fingerprint density at radius 1 is 1.47 bits per heavy atom. The molecular formula is C7H6BF3NO3. The SMILES string of the molecule is COc1ncc(C(F)(F)F)cc1O[B]O. The number of rotatable bonds is 3. The van der Waals surface area contributed by atoms with E-state index < -0.39 is 11.7 Å². The van der Waals surface area contributed by atoms with E-state index in [1.165, 1.54) is 7.11 Å². The lowest BCUT2D eigenvalue weighted by Gasteiger charge is -2.11. The normalized spacial score (nSPS) is 11.0. The highest BCUT2D eigenvalue weighted by Gasteiger charge is 2.32. The standard InChI is InChI=1S/C7H6BF3NO3/c1-14-6-5(15-8-13)2-4(3-12-6)7(9,10)11/h2-3,13H,1H3.